The summed E-state index contributed by atoms with van der Waals surface area (Å²) in [6.07, 6.45) is 2.01. The van der Waals surface area contributed by atoms with Crippen LogP contribution in [0.3, 0.4) is 0 Å². The van der Waals surface area contributed by atoms with Crippen molar-refractivity contribution in [2.24, 2.45) is 0 Å². The molecule has 0 aliphatic carbocycles. The van der Waals surface area contributed by atoms with E-state index in [1.165, 1.54) is 0 Å². The number of aromatic nitrogens is 1. The van der Waals surface area contributed by atoms with Gasteiger partial charge in [-0.05, 0) is 12.8 Å². The molecule has 1 aromatic heterocycles. The SMILES string of the molecule is CCC(C)(CC)c1[nH]c(N)c(N)c1N. The maximum atomic E-state index is 5.90. The summed E-state index contributed by atoms with van der Waals surface area (Å²) in [5.41, 5.74) is 19.4. The van der Waals surface area contributed by atoms with Gasteiger partial charge in [-0.1, -0.05) is 20.8 Å². The average Bonchev–Trinajstić information content (AvgIpc) is 2.45. The van der Waals surface area contributed by atoms with E-state index in [1.54, 1.807) is 0 Å². The lowest BCUT2D eigenvalue weighted by Gasteiger charge is -2.26. The molecule has 0 saturated heterocycles. The van der Waals surface area contributed by atoms with Crippen LogP contribution in [0.25, 0.3) is 0 Å². The van der Waals surface area contributed by atoms with Crippen molar-refractivity contribution in [2.45, 2.75) is 39.0 Å². The summed E-state index contributed by atoms with van der Waals surface area (Å²) in [5.74, 6) is 0.477. The molecule has 1 aromatic rings. The smallest absolute Gasteiger partial charge is 0.126 e. The van der Waals surface area contributed by atoms with Gasteiger partial charge in [0.2, 0.25) is 0 Å². The lowest BCUT2D eigenvalue weighted by atomic mass is 9.81. The first-order valence-corrected chi connectivity index (χ1v) is 4.99. The molecule has 4 nitrogen and oxygen atoms in total. The quantitative estimate of drug-likeness (QED) is 0.594. The highest BCUT2D eigenvalue weighted by molar-refractivity contribution is 5.79. The fraction of sp³-hybridized carbons (Fsp3) is 0.600. The van der Waals surface area contributed by atoms with E-state index in [0.717, 1.165) is 18.5 Å². The van der Waals surface area contributed by atoms with Gasteiger partial charge in [0.1, 0.15) is 5.82 Å². The Morgan fingerprint density at radius 1 is 1.07 bits per heavy atom. The molecule has 1 heterocycles. The Hall–Kier alpha value is -1.32. The number of anilines is 3. The third kappa shape index (κ3) is 1.41. The lowest BCUT2D eigenvalue weighted by molar-refractivity contribution is 0.430. The van der Waals surface area contributed by atoms with Crippen LogP contribution >= 0.6 is 0 Å². The molecular weight excluding hydrogens is 176 g/mol. The number of hydrogen-bond acceptors (Lipinski definition) is 3. The predicted molar refractivity (Wildman–Crippen MR) is 62.0 cm³/mol. The number of aromatic amines is 1. The van der Waals surface area contributed by atoms with Crippen molar-refractivity contribution in [2.75, 3.05) is 17.2 Å². The van der Waals surface area contributed by atoms with Gasteiger partial charge in [0.05, 0.1) is 11.4 Å². The van der Waals surface area contributed by atoms with Crippen LogP contribution < -0.4 is 17.2 Å². The Balaban J connectivity index is 3.24. The molecule has 0 bridgehead atoms. The lowest BCUT2D eigenvalue weighted by Crippen LogP contribution is -2.21. The molecule has 0 spiro atoms. The van der Waals surface area contributed by atoms with Gasteiger partial charge in [-0.2, -0.15) is 0 Å². The van der Waals surface area contributed by atoms with Crippen molar-refractivity contribution < 1.29 is 0 Å². The van der Waals surface area contributed by atoms with Gasteiger partial charge in [-0.15, -0.1) is 0 Å². The maximum Gasteiger partial charge on any atom is 0.126 e. The van der Waals surface area contributed by atoms with Gasteiger partial charge in [0.15, 0.2) is 0 Å². The van der Waals surface area contributed by atoms with E-state index in [2.05, 4.69) is 25.8 Å². The molecule has 0 atom stereocenters. The summed E-state index contributed by atoms with van der Waals surface area (Å²) in [6.45, 7) is 6.43. The third-order valence-corrected chi connectivity index (χ3v) is 3.27. The van der Waals surface area contributed by atoms with E-state index in [-0.39, 0.29) is 5.41 Å². The standard InChI is InChI=1S/C10H20N4/c1-4-10(3,5-2)8-6(11)7(12)9(13)14-8/h14H,4-5,11-13H2,1-3H3. The van der Waals surface area contributed by atoms with Crippen molar-refractivity contribution >= 4 is 17.2 Å². The molecule has 1 rings (SSSR count). The summed E-state index contributed by atoms with van der Waals surface area (Å²) < 4.78 is 0. The van der Waals surface area contributed by atoms with Crippen LogP contribution in [0.1, 0.15) is 39.3 Å². The maximum absolute atomic E-state index is 5.90. The van der Waals surface area contributed by atoms with Crippen LogP contribution in [0.2, 0.25) is 0 Å². The first kappa shape index (κ1) is 10.8. The van der Waals surface area contributed by atoms with E-state index in [0.29, 0.717) is 17.2 Å². The zero-order valence-electron chi connectivity index (χ0n) is 9.15. The van der Waals surface area contributed by atoms with Gasteiger partial charge in [-0.25, -0.2) is 0 Å². The molecule has 0 aliphatic rings. The Morgan fingerprint density at radius 3 is 1.86 bits per heavy atom. The molecule has 0 aliphatic heterocycles. The van der Waals surface area contributed by atoms with Gasteiger partial charge >= 0.3 is 0 Å². The molecule has 7 N–H and O–H groups in total. The van der Waals surface area contributed by atoms with Gasteiger partial charge in [0, 0.05) is 11.1 Å². The minimum Gasteiger partial charge on any atom is -0.396 e. The summed E-state index contributed by atoms with van der Waals surface area (Å²) in [4.78, 5) is 3.08. The van der Waals surface area contributed by atoms with Gasteiger partial charge in [-0.3, -0.25) is 0 Å². The molecule has 80 valence electrons. The highest BCUT2D eigenvalue weighted by Crippen LogP contribution is 2.38. The fourth-order valence-corrected chi connectivity index (χ4v) is 1.63. The molecule has 0 aromatic carbocycles. The van der Waals surface area contributed by atoms with Crippen LogP contribution in [-0.4, -0.2) is 4.98 Å². The van der Waals surface area contributed by atoms with Crippen molar-refractivity contribution in [1.82, 2.24) is 4.98 Å². The second-order valence-corrected chi connectivity index (χ2v) is 4.01. The molecule has 0 saturated carbocycles. The fourth-order valence-electron chi connectivity index (χ4n) is 1.63. The second-order valence-electron chi connectivity index (χ2n) is 4.01. The summed E-state index contributed by atoms with van der Waals surface area (Å²) >= 11 is 0. The monoisotopic (exact) mass is 196 g/mol. The minimum atomic E-state index is 0.0375. The molecule has 0 amide bonds. The van der Waals surface area contributed by atoms with Crippen molar-refractivity contribution in [3.05, 3.63) is 5.69 Å². The average molecular weight is 196 g/mol. The topological polar surface area (TPSA) is 93.8 Å². The summed E-state index contributed by atoms with van der Waals surface area (Å²) in [6, 6.07) is 0. The number of rotatable bonds is 3. The Labute approximate surface area is 84.8 Å². The van der Waals surface area contributed by atoms with Crippen molar-refractivity contribution in [3.8, 4) is 0 Å². The van der Waals surface area contributed by atoms with Crippen LogP contribution in [0, 0.1) is 0 Å². The molecule has 4 heteroatoms. The van der Waals surface area contributed by atoms with Crippen LogP contribution in [-0.2, 0) is 5.41 Å². The largest absolute Gasteiger partial charge is 0.396 e. The normalized spacial score (nSPS) is 11.9. The van der Waals surface area contributed by atoms with E-state index >= 15 is 0 Å². The predicted octanol–water partition coefficient (Wildman–Crippen LogP) is 1.84. The molecule has 0 unspecified atom stereocenters. The van der Waals surface area contributed by atoms with E-state index in [9.17, 15) is 0 Å². The molecule has 0 radical (unpaired) electrons. The molecular formula is C10H20N4. The highest BCUT2D eigenvalue weighted by atomic mass is 14.9. The van der Waals surface area contributed by atoms with Crippen molar-refractivity contribution in [3.63, 3.8) is 0 Å². The zero-order chi connectivity index (χ0) is 10.9. The molecule has 14 heavy (non-hydrogen) atoms. The highest BCUT2D eigenvalue weighted by Gasteiger charge is 2.28. The molecule has 0 fully saturated rings. The number of nitrogen functional groups attached to an aromatic ring is 3. The van der Waals surface area contributed by atoms with Crippen LogP contribution in [0.15, 0.2) is 0 Å². The third-order valence-electron chi connectivity index (χ3n) is 3.27. The van der Waals surface area contributed by atoms with Crippen molar-refractivity contribution in [1.29, 1.82) is 0 Å². The van der Waals surface area contributed by atoms with Gasteiger partial charge < -0.3 is 22.2 Å². The summed E-state index contributed by atoms with van der Waals surface area (Å²) in [7, 11) is 0. The number of H-pyrrole nitrogens is 1. The Bertz CT molecular complexity index is 323. The Morgan fingerprint density at radius 2 is 1.57 bits per heavy atom. The van der Waals surface area contributed by atoms with E-state index < -0.39 is 0 Å². The van der Waals surface area contributed by atoms with E-state index in [4.69, 9.17) is 17.2 Å². The second kappa shape index (κ2) is 3.44. The Kier molecular flexibility index (Phi) is 2.64. The number of nitrogens with one attached hydrogen (secondary N) is 1. The minimum absolute atomic E-state index is 0.0375. The van der Waals surface area contributed by atoms with Gasteiger partial charge in [0.25, 0.3) is 0 Å². The number of hydrogen-bond donors (Lipinski definition) is 4. The van der Waals surface area contributed by atoms with Crippen LogP contribution in [0.5, 0.6) is 0 Å². The number of nitrogens with two attached hydrogens (primary N) is 3. The first-order valence-electron chi connectivity index (χ1n) is 4.99. The first-order chi connectivity index (χ1) is 6.46. The van der Waals surface area contributed by atoms with Crippen LogP contribution in [0.4, 0.5) is 17.2 Å². The van der Waals surface area contributed by atoms with E-state index in [1.807, 2.05) is 0 Å². The summed E-state index contributed by atoms with van der Waals surface area (Å²) in [5, 5.41) is 0. The zero-order valence-corrected chi connectivity index (χ0v) is 9.15.